The summed E-state index contributed by atoms with van der Waals surface area (Å²) >= 11 is 0. The van der Waals surface area contributed by atoms with Crippen molar-refractivity contribution < 1.29 is 4.79 Å². The predicted molar refractivity (Wildman–Crippen MR) is 78.8 cm³/mol. The zero-order valence-electron chi connectivity index (χ0n) is 12.3. The molecule has 104 valence electrons. The van der Waals surface area contributed by atoms with Crippen LogP contribution in [-0.4, -0.2) is 12.5 Å². The van der Waals surface area contributed by atoms with Crippen molar-refractivity contribution in [3.8, 4) is 0 Å². The molecule has 1 amide bonds. The van der Waals surface area contributed by atoms with E-state index in [-0.39, 0.29) is 5.91 Å². The lowest BCUT2D eigenvalue weighted by Crippen LogP contribution is -2.41. The van der Waals surface area contributed by atoms with Crippen LogP contribution in [0.25, 0.3) is 0 Å². The van der Waals surface area contributed by atoms with Gasteiger partial charge in [-0.25, -0.2) is 0 Å². The van der Waals surface area contributed by atoms with Crippen molar-refractivity contribution in [2.24, 2.45) is 11.3 Å². The fourth-order valence-electron chi connectivity index (χ4n) is 2.39. The van der Waals surface area contributed by atoms with Crippen LogP contribution in [0.3, 0.4) is 0 Å². The molecule has 0 aromatic heterocycles. The first-order valence-corrected chi connectivity index (χ1v) is 6.88. The first-order chi connectivity index (χ1) is 8.73. The molecule has 3 heteroatoms. The number of amides is 1. The summed E-state index contributed by atoms with van der Waals surface area (Å²) in [6, 6.07) is 7.54. The minimum atomic E-state index is -0.521. The molecule has 0 aliphatic heterocycles. The molecule has 0 heterocycles. The van der Waals surface area contributed by atoms with Gasteiger partial charge in [0.2, 0.25) is 5.91 Å². The average molecular weight is 260 g/mol. The molecule has 1 saturated carbocycles. The molecule has 1 atom stereocenters. The fraction of sp³-hybridized carbons (Fsp3) is 0.562. The molecule has 1 aromatic rings. The molecule has 0 bridgehead atoms. The molecule has 3 N–H and O–H groups in total. The highest BCUT2D eigenvalue weighted by atomic mass is 16.2. The lowest BCUT2D eigenvalue weighted by atomic mass is 9.83. The van der Waals surface area contributed by atoms with Gasteiger partial charge in [0.25, 0.3) is 0 Å². The largest absolute Gasteiger partial charge is 0.399 e. The van der Waals surface area contributed by atoms with Crippen LogP contribution in [0, 0.1) is 11.3 Å². The van der Waals surface area contributed by atoms with Crippen LogP contribution >= 0.6 is 0 Å². The maximum atomic E-state index is 12.4. The Labute approximate surface area is 115 Å². The molecule has 1 aromatic carbocycles. The molecular weight excluding hydrogens is 236 g/mol. The number of rotatable bonds is 4. The number of carbonyl (C=O) groups excluding carboxylic acids is 1. The van der Waals surface area contributed by atoms with Crippen LogP contribution in [0.5, 0.6) is 0 Å². The molecule has 0 saturated heterocycles. The maximum absolute atomic E-state index is 12.4. The SMILES string of the molecule is CC(C)(C(=O)NCC1CC1(C)C)c1ccc(N)cc1. The lowest BCUT2D eigenvalue weighted by molar-refractivity contribution is -0.125. The fourth-order valence-corrected chi connectivity index (χ4v) is 2.39. The van der Waals surface area contributed by atoms with E-state index in [0.717, 1.165) is 17.8 Å². The van der Waals surface area contributed by atoms with Crippen molar-refractivity contribution in [1.82, 2.24) is 5.32 Å². The minimum absolute atomic E-state index is 0.0833. The summed E-state index contributed by atoms with van der Waals surface area (Å²) in [7, 11) is 0. The highest BCUT2D eigenvalue weighted by Crippen LogP contribution is 2.51. The van der Waals surface area contributed by atoms with Crippen molar-refractivity contribution in [2.45, 2.75) is 39.5 Å². The number of carbonyl (C=O) groups is 1. The maximum Gasteiger partial charge on any atom is 0.230 e. The van der Waals surface area contributed by atoms with E-state index in [0.29, 0.717) is 11.3 Å². The Balaban J connectivity index is 1.98. The second kappa shape index (κ2) is 4.55. The summed E-state index contributed by atoms with van der Waals surface area (Å²) in [4.78, 5) is 12.4. The predicted octanol–water partition coefficient (Wildman–Crippen LogP) is 2.71. The van der Waals surface area contributed by atoms with Crippen molar-refractivity contribution >= 4 is 11.6 Å². The van der Waals surface area contributed by atoms with Crippen LogP contribution in [0.15, 0.2) is 24.3 Å². The quantitative estimate of drug-likeness (QED) is 0.818. The van der Waals surface area contributed by atoms with Crippen LogP contribution in [0.1, 0.15) is 39.7 Å². The van der Waals surface area contributed by atoms with E-state index < -0.39 is 5.41 Å². The summed E-state index contributed by atoms with van der Waals surface area (Å²) < 4.78 is 0. The Hall–Kier alpha value is -1.51. The van der Waals surface area contributed by atoms with Crippen LogP contribution < -0.4 is 11.1 Å². The number of nitrogens with one attached hydrogen (secondary N) is 1. The molecule has 1 unspecified atom stereocenters. The molecule has 3 nitrogen and oxygen atoms in total. The Morgan fingerprint density at radius 1 is 1.37 bits per heavy atom. The second-order valence-corrected chi connectivity index (χ2v) is 6.85. The van der Waals surface area contributed by atoms with Gasteiger partial charge in [0, 0.05) is 12.2 Å². The number of anilines is 1. The molecule has 2 rings (SSSR count). The number of hydrogen-bond acceptors (Lipinski definition) is 2. The normalized spacial score (nSPS) is 20.9. The Morgan fingerprint density at radius 2 is 1.89 bits per heavy atom. The van der Waals surface area contributed by atoms with Crippen molar-refractivity contribution in [3.05, 3.63) is 29.8 Å². The van der Waals surface area contributed by atoms with Crippen LogP contribution in [0.4, 0.5) is 5.69 Å². The van der Waals surface area contributed by atoms with Crippen molar-refractivity contribution in [3.63, 3.8) is 0 Å². The molecule has 1 aliphatic carbocycles. The zero-order valence-corrected chi connectivity index (χ0v) is 12.3. The van der Waals surface area contributed by atoms with E-state index in [4.69, 9.17) is 5.73 Å². The smallest absolute Gasteiger partial charge is 0.230 e. The number of benzene rings is 1. The summed E-state index contributed by atoms with van der Waals surface area (Å²) in [5, 5.41) is 3.08. The summed E-state index contributed by atoms with van der Waals surface area (Å²) in [6.07, 6.45) is 1.20. The zero-order chi connectivity index (χ0) is 14.3. The van der Waals surface area contributed by atoms with Gasteiger partial charge in [-0.1, -0.05) is 26.0 Å². The first kappa shape index (κ1) is 13.9. The van der Waals surface area contributed by atoms with E-state index in [1.54, 1.807) is 0 Å². The Bertz CT molecular complexity index is 474. The Morgan fingerprint density at radius 3 is 2.37 bits per heavy atom. The van der Waals surface area contributed by atoms with Crippen molar-refractivity contribution in [2.75, 3.05) is 12.3 Å². The third-order valence-corrected chi connectivity index (χ3v) is 4.43. The summed E-state index contributed by atoms with van der Waals surface area (Å²) in [5.74, 6) is 0.707. The van der Waals surface area contributed by atoms with Gasteiger partial charge in [-0.05, 0) is 49.3 Å². The molecule has 1 aliphatic rings. The van der Waals surface area contributed by atoms with Gasteiger partial charge < -0.3 is 11.1 Å². The van der Waals surface area contributed by atoms with E-state index in [2.05, 4.69) is 19.2 Å². The number of hydrogen-bond donors (Lipinski definition) is 2. The number of nitrogen functional groups attached to an aromatic ring is 1. The standard InChI is InChI=1S/C16H24N2O/c1-15(2)9-12(15)10-18-14(19)16(3,4)11-5-7-13(17)8-6-11/h5-8,12H,9-10,17H2,1-4H3,(H,18,19). The summed E-state index contributed by atoms with van der Waals surface area (Å²) in [5.41, 5.74) is 7.28. The van der Waals surface area contributed by atoms with E-state index in [9.17, 15) is 4.79 Å². The first-order valence-electron chi connectivity index (χ1n) is 6.88. The van der Waals surface area contributed by atoms with Crippen LogP contribution in [0.2, 0.25) is 0 Å². The van der Waals surface area contributed by atoms with E-state index in [1.807, 2.05) is 38.1 Å². The van der Waals surface area contributed by atoms with Gasteiger partial charge in [0.05, 0.1) is 5.41 Å². The molecular formula is C16H24N2O. The van der Waals surface area contributed by atoms with Gasteiger partial charge in [-0.2, -0.15) is 0 Å². The monoisotopic (exact) mass is 260 g/mol. The Kier molecular flexibility index (Phi) is 3.33. The van der Waals surface area contributed by atoms with Gasteiger partial charge in [0.15, 0.2) is 0 Å². The highest BCUT2D eigenvalue weighted by Gasteiger charge is 2.45. The third kappa shape index (κ3) is 2.91. The third-order valence-electron chi connectivity index (χ3n) is 4.43. The van der Waals surface area contributed by atoms with Gasteiger partial charge in [-0.3, -0.25) is 4.79 Å². The number of nitrogens with two attached hydrogens (primary N) is 1. The minimum Gasteiger partial charge on any atom is -0.399 e. The lowest BCUT2D eigenvalue weighted by Gasteiger charge is -2.24. The highest BCUT2D eigenvalue weighted by molar-refractivity contribution is 5.87. The van der Waals surface area contributed by atoms with E-state index in [1.165, 1.54) is 6.42 Å². The summed E-state index contributed by atoms with van der Waals surface area (Å²) in [6.45, 7) is 9.17. The van der Waals surface area contributed by atoms with Crippen LogP contribution in [-0.2, 0) is 10.2 Å². The molecule has 0 radical (unpaired) electrons. The topological polar surface area (TPSA) is 55.1 Å². The molecule has 19 heavy (non-hydrogen) atoms. The molecule has 1 fully saturated rings. The van der Waals surface area contributed by atoms with Gasteiger partial charge in [0.1, 0.15) is 0 Å². The van der Waals surface area contributed by atoms with Crippen molar-refractivity contribution in [1.29, 1.82) is 0 Å². The average Bonchev–Trinajstić information content (AvgIpc) is 2.94. The second-order valence-electron chi connectivity index (χ2n) is 6.85. The van der Waals surface area contributed by atoms with E-state index >= 15 is 0 Å². The van der Waals surface area contributed by atoms with Gasteiger partial charge in [-0.15, -0.1) is 0 Å². The molecule has 0 spiro atoms. The van der Waals surface area contributed by atoms with Gasteiger partial charge >= 0.3 is 0 Å².